The molecule has 0 aliphatic carbocycles. The van der Waals surface area contributed by atoms with E-state index in [1.165, 1.54) is 0 Å². The number of thiophene rings is 1. The summed E-state index contributed by atoms with van der Waals surface area (Å²) in [4.78, 5) is 1.16. The molecule has 0 spiro atoms. The molecule has 2 aromatic rings. The predicted molar refractivity (Wildman–Crippen MR) is 79.2 cm³/mol. The molecule has 0 N–H and O–H groups in total. The molecule has 2 rings (SSSR count). The minimum absolute atomic E-state index is 0.640. The second-order valence-electron chi connectivity index (χ2n) is 3.99. The highest BCUT2D eigenvalue weighted by molar-refractivity contribution is 7.99. The van der Waals surface area contributed by atoms with Crippen LogP contribution < -0.4 is 0 Å². The predicted octanol–water partition coefficient (Wildman–Crippen LogP) is 3.81. The zero-order valence-electron chi connectivity index (χ0n) is 10.9. The molecule has 0 aliphatic heterocycles. The van der Waals surface area contributed by atoms with Crippen LogP contribution in [0.3, 0.4) is 0 Å². The van der Waals surface area contributed by atoms with E-state index in [9.17, 15) is 0 Å². The SMILES string of the molecule is CCn1c(SCCCCC#N)nnc1-c1cccs1. The maximum absolute atomic E-state index is 8.49. The molecule has 0 aliphatic rings. The quantitative estimate of drug-likeness (QED) is 0.575. The molecule has 0 saturated carbocycles. The number of nitrogens with zero attached hydrogens (tertiary/aromatic N) is 4. The minimum atomic E-state index is 0.640. The van der Waals surface area contributed by atoms with E-state index in [-0.39, 0.29) is 0 Å². The molecular formula is C13H16N4S2. The van der Waals surface area contributed by atoms with Gasteiger partial charge in [-0.1, -0.05) is 17.8 Å². The number of aromatic nitrogens is 3. The highest BCUT2D eigenvalue weighted by atomic mass is 32.2. The summed E-state index contributed by atoms with van der Waals surface area (Å²) < 4.78 is 2.15. The monoisotopic (exact) mass is 292 g/mol. The molecule has 2 heterocycles. The molecule has 0 radical (unpaired) electrons. The van der Waals surface area contributed by atoms with Gasteiger partial charge in [0.2, 0.25) is 0 Å². The lowest BCUT2D eigenvalue weighted by Crippen LogP contribution is -1.99. The fourth-order valence-electron chi connectivity index (χ4n) is 1.74. The Bertz CT molecular complexity index is 539. The molecule has 0 saturated heterocycles. The molecule has 0 amide bonds. The number of thioether (sulfide) groups is 1. The van der Waals surface area contributed by atoms with E-state index in [4.69, 9.17) is 5.26 Å². The van der Waals surface area contributed by atoms with Crippen molar-refractivity contribution in [3.8, 4) is 16.8 Å². The third-order valence-electron chi connectivity index (χ3n) is 2.69. The van der Waals surface area contributed by atoms with Crippen molar-refractivity contribution in [1.29, 1.82) is 5.26 Å². The lowest BCUT2D eigenvalue weighted by atomic mass is 10.3. The number of hydrogen-bond acceptors (Lipinski definition) is 5. The van der Waals surface area contributed by atoms with Crippen LogP contribution in [0.5, 0.6) is 0 Å². The van der Waals surface area contributed by atoms with E-state index < -0.39 is 0 Å². The molecule has 0 bridgehead atoms. The van der Waals surface area contributed by atoms with Crippen LogP contribution in [-0.2, 0) is 6.54 Å². The van der Waals surface area contributed by atoms with Crippen molar-refractivity contribution in [2.45, 2.75) is 37.9 Å². The van der Waals surface area contributed by atoms with Crippen LogP contribution in [0.4, 0.5) is 0 Å². The van der Waals surface area contributed by atoms with Gasteiger partial charge in [-0.05, 0) is 31.2 Å². The first-order valence-electron chi connectivity index (χ1n) is 6.33. The highest BCUT2D eigenvalue weighted by Crippen LogP contribution is 2.27. The van der Waals surface area contributed by atoms with Gasteiger partial charge in [-0.15, -0.1) is 21.5 Å². The summed E-state index contributed by atoms with van der Waals surface area (Å²) in [6.07, 6.45) is 2.64. The Morgan fingerprint density at radius 1 is 1.42 bits per heavy atom. The van der Waals surface area contributed by atoms with Gasteiger partial charge in [0.25, 0.3) is 0 Å². The summed E-state index contributed by atoms with van der Waals surface area (Å²) in [5.41, 5.74) is 0. The number of nitriles is 1. The molecule has 4 nitrogen and oxygen atoms in total. The maximum atomic E-state index is 8.49. The Morgan fingerprint density at radius 2 is 2.32 bits per heavy atom. The molecule has 6 heteroatoms. The van der Waals surface area contributed by atoms with Crippen LogP contribution in [0.15, 0.2) is 22.7 Å². The summed E-state index contributed by atoms with van der Waals surface area (Å²) in [6.45, 7) is 2.99. The van der Waals surface area contributed by atoms with Crippen LogP contribution in [0, 0.1) is 11.3 Å². The smallest absolute Gasteiger partial charge is 0.191 e. The summed E-state index contributed by atoms with van der Waals surface area (Å²) >= 11 is 3.41. The third kappa shape index (κ3) is 3.58. The van der Waals surface area contributed by atoms with Gasteiger partial charge < -0.3 is 4.57 Å². The number of unbranched alkanes of at least 4 members (excludes halogenated alkanes) is 2. The van der Waals surface area contributed by atoms with Gasteiger partial charge in [-0.25, -0.2) is 0 Å². The van der Waals surface area contributed by atoms with Gasteiger partial charge >= 0.3 is 0 Å². The molecule has 2 aromatic heterocycles. The maximum Gasteiger partial charge on any atom is 0.191 e. The number of rotatable bonds is 7. The van der Waals surface area contributed by atoms with Crippen molar-refractivity contribution in [1.82, 2.24) is 14.8 Å². The Labute approximate surface area is 121 Å². The molecule has 0 unspecified atom stereocenters. The van der Waals surface area contributed by atoms with Gasteiger partial charge in [0.1, 0.15) is 0 Å². The van der Waals surface area contributed by atoms with Crippen LogP contribution in [0.1, 0.15) is 26.2 Å². The Morgan fingerprint density at radius 3 is 3.00 bits per heavy atom. The first-order chi connectivity index (χ1) is 9.36. The van der Waals surface area contributed by atoms with E-state index in [0.717, 1.165) is 41.0 Å². The van der Waals surface area contributed by atoms with E-state index in [2.05, 4.69) is 39.2 Å². The molecular weight excluding hydrogens is 276 g/mol. The van der Waals surface area contributed by atoms with Gasteiger partial charge in [-0.2, -0.15) is 5.26 Å². The van der Waals surface area contributed by atoms with E-state index in [1.807, 2.05) is 6.07 Å². The highest BCUT2D eigenvalue weighted by Gasteiger charge is 2.13. The zero-order chi connectivity index (χ0) is 13.5. The minimum Gasteiger partial charge on any atom is -0.302 e. The standard InChI is InChI=1S/C13H16N4S2/c1-2-17-12(11-7-6-10-18-11)15-16-13(17)19-9-5-3-4-8-14/h6-7,10H,2-5,9H2,1H3. The van der Waals surface area contributed by atoms with Crippen LogP contribution in [0.2, 0.25) is 0 Å². The van der Waals surface area contributed by atoms with E-state index in [1.54, 1.807) is 23.1 Å². The Balaban J connectivity index is 2.00. The van der Waals surface area contributed by atoms with Gasteiger partial charge in [0.15, 0.2) is 11.0 Å². The van der Waals surface area contributed by atoms with Crippen LogP contribution >= 0.6 is 23.1 Å². The summed E-state index contributed by atoms with van der Waals surface area (Å²) in [7, 11) is 0. The summed E-state index contributed by atoms with van der Waals surface area (Å²) in [5.74, 6) is 1.95. The van der Waals surface area contributed by atoms with Crippen molar-refractivity contribution in [3.63, 3.8) is 0 Å². The first-order valence-corrected chi connectivity index (χ1v) is 8.20. The normalized spacial score (nSPS) is 10.5. The van der Waals surface area contributed by atoms with Gasteiger partial charge in [-0.3, -0.25) is 0 Å². The van der Waals surface area contributed by atoms with Crippen molar-refractivity contribution in [2.24, 2.45) is 0 Å². The molecule has 0 aromatic carbocycles. The first kappa shape index (κ1) is 14.1. The van der Waals surface area contributed by atoms with Gasteiger partial charge in [0.05, 0.1) is 10.9 Å². The number of hydrogen-bond donors (Lipinski definition) is 0. The average Bonchev–Trinajstić information content (AvgIpc) is 3.06. The van der Waals surface area contributed by atoms with Crippen molar-refractivity contribution in [3.05, 3.63) is 17.5 Å². The lowest BCUT2D eigenvalue weighted by Gasteiger charge is -2.05. The topological polar surface area (TPSA) is 54.5 Å². The molecule has 19 heavy (non-hydrogen) atoms. The Hall–Kier alpha value is -1.32. The van der Waals surface area contributed by atoms with Crippen molar-refractivity contribution < 1.29 is 0 Å². The average molecular weight is 292 g/mol. The second kappa shape index (κ2) is 7.31. The fourth-order valence-corrected chi connectivity index (χ4v) is 3.46. The summed E-state index contributed by atoms with van der Waals surface area (Å²) in [6, 6.07) is 6.27. The molecule has 100 valence electrons. The third-order valence-corrected chi connectivity index (χ3v) is 4.61. The largest absolute Gasteiger partial charge is 0.302 e. The molecule has 0 atom stereocenters. The second-order valence-corrected chi connectivity index (χ2v) is 6.00. The van der Waals surface area contributed by atoms with Crippen molar-refractivity contribution in [2.75, 3.05) is 5.75 Å². The molecule has 0 fully saturated rings. The fraction of sp³-hybridized carbons (Fsp3) is 0.462. The van der Waals surface area contributed by atoms with Crippen LogP contribution in [-0.4, -0.2) is 20.5 Å². The Kier molecular flexibility index (Phi) is 5.43. The van der Waals surface area contributed by atoms with Crippen LogP contribution in [0.25, 0.3) is 10.7 Å². The lowest BCUT2D eigenvalue weighted by molar-refractivity contribution is 0.687. The summed E-state index contributed by atoms with van der Waals surface area (Å²) in [5, 5.41) is 20.1. The van der Waals surface area contributed by atoms with Gasteiger partial charge in [0, 0.05) is 18.7 Å². The van der Waals surface area contributed by atoms with E-state index >= 15 is 0 Å². The van der Waals surface area contributed by atoms with Crippen molar-refractivity contribution >= 4 is 23.1 Å². The van der Waals surface area contributed by atoms with E-state index in [0.29, 0.717) is 6.42 Å². The zero-order valence-corrected chi connectivity index (χ0v) is 12.5.